The standard InChI is InChI=1S/C33H50N2O7/c1-4-5-8-11-28(36)20-16-26-17-21-31(37)29(26)12-9-6-7-10-13-32(38)34-30(22-24(2)3)33(39)42-23-25-14-18-27(19-15-25)35(40)41/h14-16,18-20,24,26,28-30,36H,4-13,17,21-23H2,1-3H3,(H,34,38)/t26-,28-,29+,30?/m0/s1. The number of non-ortho nitro benzene ring substituents is 1. The van der Waals surface area contributed by atoms with Crippen molar-refractivity contribution in [3.63, 3.8) is 0 Å². The lowest BCUT2D eigenvalue weighted by Gasteiger charge is -2.19. The molecule has 1 fully saturated rings. The third-order valence-electron chi connectivity index (χ3n) is 7.86. The van der Waals surface area contributed by atoms with Crippen LogP contribution >= 0.6 is 0 Å². The van der Waals surface area contributed by atoms with E-state index in [1.54, 1.807) is 12.1 Å². The third-order valence-corrected chi connectivity index (χ3v) is 7.86. The molecule has 1 saturated carbocycles. The lowest BCUT2D eigenvalue weighted by atomic mass is 9.89. The molecule has 9 nitrogen and oxygen atoms in total. The van der Waals surface area contributed by atoms with Gasteiger partial charge in [-0.2, -0.15) is 0 Å². The van der Waals surface area contributed by atoms with Crippen molar-refractivity contribution in [1.82, 2.24) is 5.32 Å². The van der Waals surface area contributed by atoms with Crippen molar-refractivity contribution in [2.45, 2.75) is 123 Å². The first-order valence-corrected chi connectivity index (χ1v) is 15.7. The molecule has 0 aromatic heterocycles. The Bertz CT molecular complexity index is 1020. The van der Waals surface area contributed by atoms with Crippen molar-refractivity contribution in [2.24, 2.45) is 17.8 Å². The Hall–Kier alpha value is -3.07. The number of hydrogen-bond acceptors (Lipinski definition) is 7. The molecule has 9 heteroatoms. The fraction of sp³-hybridized carbons (Fsp3) is 0.667. The van der Waals surface area contributed by atoms with Crippen LogP contribution in [0.4, 0.5) is 5.69 Å². The van der Waals surface area contributed by atoms with Gasteiger partial charge in [0.15, 0.2) is 0 Å². The van der Waals surface area contributed by atoms with Gasteiger partial charge in [0.25, 0.3) is 5.69 Å². The Balaban J connectivity index is 1.70. The normalized spacial score (nSPS) is 18.4. The number of nitro benzene ring substituents is 1. The van der Waals surface area contributed by atoms with E-state index >= 15 is 0 Å². The van der Waals surface area contributed by atoms with Crippen LogP contribution in [0.1, 0.15) is 110 Å². The van der Waals surface area contributed by atoms with Crippen molar-refractivity contribution in [1.29, 1.82) is 0 Å². The van der Waals surface area contributed by atoms with Crippen LogP contribution in [0.5, 0.6) is 0 Å². The number of amides is 1. The van der Waals surface area contributed by atoms with Gasteiger partial charge < -0.3 is 15.2 Å². The highest BCUT2D eigenvalue weighted by Gasteiger charge is 2.32. The van der Waals surface area contributed by atoms with E-state index in [4.69, 9.17) is 4.74 Å². The van der Waals surface area contributed by atoms with Crippen molar-refractivity contribution >= 4 is 23.3 Å². The van der Waals surface area contributed by atoms with E-state index in [0.717, 1.165) is 57.8 Å². The molecule has 0 aliphatic heterocycles. The van der Waals surface area contributed by atoms with Crippen molar-refractivity contribution in [3.8, 4) is 0 Å². The first-order valence-electron chi connectivity index (χ1n) is 15.7. The summed E-state index contributed by atoms with van der Waals surface area (Å²) in [6.07, 6.45) is 14.0. The summed E-state index contributed by atoms with van der Waals surface area (Å²) >= 11 is 0. The Morgan fingerprint density at radius 3 is 2.50 bits per heavy atom. The van der Waals surface area contributed by atoms with Gasteiger partial charge in [-0.15, -0.1) is 0 Å². The molecule has 0 bridgehead atoms. The number of allylic oxidation sites excluding steroid dienone is 1. The van der Waals surface area contributed by atoms with Crippen molar-refractivity contribution in [2.75, 3.05) is 0 Å². The SMILES string of the molecule is CCCCC[C@H](O)C=C[C@H]1CCC(=O)[C@@H]1CCCCCCC(=O)NC(CC(C)C)C(=O)OCc1ccc([N+](=O)[O-])cc1. The second-order valence-electron chi connectivity index (χ2n) is 12.0. The number of nitro groups is 1. The van der Waals surface area contributed by atoms with E-state index in [-0.39, 0.29) is 36.0 Å². The number of unbranched alkanes of at least 4 members (excludes halogenated alkanes) is 5. The molecule has 0 heterocycles. The molecule has 2 rings (SSSR count). The van der Waals surface area contributed by atoms with Crippen LogP contribution in [0, 0.1) is 27.9 Å². The maximum atomic E-state index is 12.7. The van der Waals surface area contributed by atoms with Gasteiger partial charge in [-0.1, -0.05) is 71.4 Å². The number of hydrogen-bond donors (Lipinski definition) is 2. The van der Waals surface area contributed by atoms with E-state index in [1.165, 1.54) is 12.1 Å². The molecule has 0 saturated heterocycles. The molecule has 1 aliphatic carbocycles. The Morgan fingerprint density at radius 2 is 1.83 bits per heavy atom. The summed E-state index contributed by atoms with van der Waals surface area (Å²) in [6.45, 7) is 6.05. The van der Waals surface area contributed by atoms with E-state index in [0.29, 0.717) is 37.0 Å². The number of rotatable bonds is 20. The predicted molar refractivity (Wildman–Crippen MR) is 162 cm³/mol. The average Bonchev–Trinajstić information content (AvgIpc) is 3.30. The number of carbonyl (C=O) groups excluding carboxylic acids is 3. The zero-order valence-electron chi connectivity index (χ0n) is 25.6. The molecular formula is C33H50N2O7. The molecule has 1 aromatic rings. The molecule has 4 atom stereocenters. The molecule has 1 amide bonds. The minimum atomic E-state index is -0.751. The summed E-state index contributed by atoms with van der Waals surface area (Å²) in [4.78, 5) is 48.1. The van der Waals surface area contributed by atoms with Gasteiger partial charge in [-0.3, -0.25) is 19.7 Å². The van der Waals surface area contributed by atoms with Crippen LogP contribution in [-0.4, -0.2) is 39.8 Å². The number of aliphatic hydroxyl groups excluding tert-OH is 1. The molecule has 1 aliphatic rings. The van der Waals surface area contributed by atoms with Crippen LogP contribution in [0.3, 0.4) is 0 Å². The second kappa shape index (κ2) is 19.2. The van der Waals surface area contributed by atoms with E-state index in [9.17, 15) is 29.6 Å². The Labute approximate surface area is 250 Å². The number of ether oxygens (including phenoxy) is 1. The lowest BCUT2D eigenvalue weighted by Crippen LogP contribution is -2.42. The number of aliphatic hydroxyl groups is 1. The maximum Gasteiger partial charge on any atom is 0.328 e. The molecule has 1 unspecified atom stereocenters. The monoisotopic (exact) mass is 586 g/mol. The number of nitrogens with zero attached hydrogens (tertiary/aromatic N) is 1. The van der Waals surface area contributed by atoms with Gasteiger partial charge >= 0.3 is 5.97 Å². The highest BCUT2D eigenvalue weighted by molar-refractivity contribution is 5.84. The minimum absolute atomic E-state index is 0.0268. The Morgan fingerprint density at radius 1 is 1.12 bits per heavy atom. The molecule has 0 spiro atoms. The largest absolute Gasteiger partial charge is 0.459 e. The molecule has 42 heavy (non-hydrogen) atoms. The number of Topliss-reactive ketones (excluding diaryl/α,β-unsaturated/α-hetero) is 1. The quantitative estimate of drug-likeness (QED) is 0.0577. The van der Waals surface area contributed by atoms with Gasteiger partial charge in [0, 0.05) is 30.9 Å². The molecule has 2 N–H and O–H groups in total. The van der Waals surface area contributed by atoms with Gasteiger partial charge in [-0.05, 0) is 61.6 Å². The van der Waals surface area contributed by atoms with Gasteiger partial charge in [0.1, 0.15) is 18.4 Å². The first-order chi connectivity index (χ1) is 20.1. The van der Waals surface area contributed by atoms with Crippen molar-refractivity contribution in [3.05, 3.63) is 52.1 Å². The number of ketones is 1. The number of carbonyl (C=O) groups is 3. The van der Waals surface area contributed by atoms with Crippen LogP contribution < -0.4 is 5.32 Å². The lowest BCUT2D eigenvalue weighted by molar-refractivity contribution is -0.384. The van der Waals surface area contributed by atoms with Gasteiger partial charge in [-0.25, -0.2) is 4.79 Å². The van der Waals surface area contributed by atoms with Gasteiger partial charge in [0.05, 0.1) is 11.0 Å². The average molecular weight is 587 g/mol. The highest BCUT2D eigenvalue weighted by Crippen LogP contribution is 2.34. The number of nitrogens with one attached hydrogen (secondary N) is 1. The summed E-state index contributed by atoms with van der Waals surface area (Å²) in [6, 6.07) is 5.06. The topological polar surface area (TPSA) is 136 Å². The summed E-state index contributed by atoms with van der Waals surface area (Å²) in [7, 11) is 0. The van der Waals surface area contributed by atoms with Crippen LogP contribution in [0.25, 0.3) is 0 Å². The second-order valence-corrected chi connectivity index (χ2v) is 12.0. The summed E-state index contributed by atoms with van der Waals surface area (Å²) in [5, 5.41) is 23.8. The molecular weight excluding hydrogens is 536 g/mol. The highest BCUT2D eigenvalue weighted by atomic mass is 16.6. The third kappa shape index (κ3) is 13.3. The summed E-state index contributed by atoms with van der Waals surface area (Å²) < 4.78 is 5.40. The first kappa shape index (κ1) is 35.1. The van der Waals surface area contributed by atoms with Gasteiger partial charge in [0.2, 0.25) is 5.91 Å². The summed E-state index contributed by atoms with van der Waals surface area (Å²) in [5.41, 5.74) is 0.595. The van der Waals surface area contributed by atoms with E-state index in [2.05, 4.69) is 18.3 Å². The predicted octanol–water partition coefficient (Wildman–Crippen LogP) is 6.60. The fourth-order valence-corrected chi connectivity index (χ4v) is 5.43. The smallest absolute Gasteiger partial charge is 0.328 e. The number of esters is 1. The Kier molecular flexibility index (Phi) is 16.0. The van der Waals surface area contributed by atoms with Crippen LogP contribution in [-0.2, 0) is 25.7 Å². The molecule has 0 radical (unpaired) electrons. The number of benzene rings is 1. The van der Waals surface area contributed by atoms with Crippen LogP contribution in [0.15, 0.2) is 36.4 Å². The zero-order chi connectivity index (χ0) is 30.9. The molecule has 1 aromatic carbocycles. The fourth-order valence-electron chi connectivity index (χ4n) is 5.43. The van der Waals surface area contributed by atoms with Crippen molar-refractivity contribution < 1.29 is 29.2 Å². The molecule has 234 valence electrons. The van der Waals surface area contributed by atoms with E-state index < -0.39 is 23.0 Å². The summed E-state index contributed by atoms with van der Waals surface area (Å²) in [5.74, 6) is 0.0170. The van der Waals surface area contributed by atoms with Crippen LogP contribution in [0.2, 0.25) is 0 Å². The zero-order valence-corrected chi connectivity index (χ0v) is 25.6. The minimum Gasteiger partial charge on any atom is -0.459 e. The maximum absolute atomic E-state index is 12.7. The van der Waals surface area contributed by atoms with E-state index in [1.807, 2.05) is 19.9 Å².